The van der Waals surface area contributed by atoms with Crippen LogP contribution >= 0.6 is 0 Å². The predicted molar refractivity (Wildman–Crippen MR) is 616 cm³/mol. The van der Waals surface area contributed by atoms with Crippen molar-refractivity contribution in [1.82, 2.24) is 0 Å². The fraction of sp³-hybridized carbons (Fsp3) is 0. The van der Waals surface area contributed by atoms with Gasteiger partial charge in [-0.3, -0.25) is 0 Å². The van der Waals surface area contributed by atoms with Gasteiger partial charge in [-0.1, -0.05) is 477 Å². The molecule has 0 aliphatic heterocycles. The van der Waals surface area contributed by atoms with Gasteiger partial charge in [0, 0.05) is 32.3 Å². The Kier molecular flexibility index (Phi) is 8.19. The van der Waals surface area contributed by atoms with Crippen molar-refractivity contribution in [3.05, 3.63) is 532 Å². The molecular weight excluding hydrogens is 1750 g/mol. The van der Waals surface area contributed by atoms with E-state index in [1.807, 2.05) is 0 Å². The molecule has 0 fully saturated rings. The fourth-order valence-electron chi connectivity index (χ4n) is 17.4. The van der Waals surface area contributed by atoms with Crippen molar-refractivity contribution in [2.24, 2.45) is 0 Å². The van der Waals surface area contributed by atoms with Gasteiger partial charge in [-0.25, -0.2) is 0 Å². The minimum atomic E-state index is -1.15. The lowest BCUT2D eigenvalue weighted by Gasteiger charge is -2.20. The third-order valence-corrected chi connectivity index (χ3v) is 23.5. The second-order valence-electron chi connectivity index (χ2n) is 31.3. The first kappa shape index (κ1) is 33.9. The maximum atomic E-state index is 9.62. The highest BCUT2D eigenvalue weighted by Gasteiger charge is 2.27. The summed E-state index contributed by atoms with van der Waals surface area (Å²) < 4.78 is 810. The summed E-state index contributed by atoms with van der Waals surface area (Å²) in [5.74, 6) is 0. The topological polar surface area (TPSA) is 39.4 Å². The molecule has 0 aliphatic carbocycles. The summed E-state index contributed by atoms with van der Waals surface area (Å²) in [5.41, 5.74) is -21.7. The summed E-state index contributed by atoms with van der Waals surface area (Å²) in [5, 5.41) is -16.9. The fourth-order valence-corrected chi connectivity index (χ4v) is 17.4. The molecule has 3 heteroatoms. The monoisotopic (exact) mass is 1930 g/mol. The van der Waals surface area contributed by atoms with Gasteiger partial charge in [0.1, 0.15) is 33.5 Å². The highest BCUT2D eigenvalue weighted by atomic mass is 16.3. The van der Waals surface area contributed by atoms with Gasteiger partial charge < -0.3 is 13.3 Å². The van der Waals surface area contributed by atoms with E-state index >= 15 is 0 Å². The molecule has 0 spiro atoms. The highest BCUT2D eigenvalue weighted by molar-refractivity contribution is 6.31. The van der Waals surface area contributed by atoms with Gasteiger partial charge in [0.2, 0.25) is 0 Å². The van der Waals surface area contributed by atoms with Crippen LogP contribution in [-0.2, 0) is 0 Å². The summed E-state index contributed by atoms with van der Waals surface area (Å²) in [6.45, 7) is 0. The molecule has 27 aromatic carbocycles. The maximum Gasteiger partial charge on any atom is 0.136 e. The van der Waals surface area contributed by atoms with Gasteiger partial charge >= 0.3 is 0 Å². The summed E-state index contributed by atoms with van der Waals surface area (Å²) in [7, 11) is 0. The van der Waals surface area contributed by atoms with E-state index in [2.05, 4.69) is 0 Å². The number of fused-ring (bicyclic) bond motifs is 19. The largest absolute Gasteiger partial charge is 0.456 e. The van der Waals surface area contributed by atoms with Gasteiger partial charge in [0.25, 0.3) is 0 Å². The third-order valence-electron chi connectivity index (χ3n) is 23.5. The van der Waals surface area contributed by atoms with Crippen LogP contribution in [0.25, 0.3) is 296 Å². The lowest BCUT2D eigenvalue weighted by atomic mass is 9.83. The molecule has 3 nitrogen and oxygen atoms in total. The van der Waals surface area contributed by atoms with Crippen LogP contribution in [0.1, 0.15) is 121 Å². The van der Waals surface area contributed by atoms with Crippen molar-refractivity contribution >= 4 is 174 Å². The lowest BCUT2D eigenvalue weighted by Crippen LogP contribution is -1.93. The molecule has 0 N–H and O–H groups in total. The Balaban J connectivity index is 0.000000150. The molecule has 30 aromatic rings. The number of furan rings is 3. The molecule has 0 unspecified atom stereocenters. The van der Waals surface area contributed by atoms with Crippen LogP contribution in [0, 0.1) is 0 Å². The van der Waals surface area contributed by atoms with Crippen molar-refractivity contribution in [3.63, 3.8) is 0 Å². The molecule has 0 saturated heterocycles. The molecule has 30 rings (SSSR count). The van der Waals surface area contributed by atoms with Gasteiger partial charge in [-0.2, -0.15) is 0 Å². The van der Waals surface area contributed by atoms with E-state index in [9.17, 15) is 48.0 Å². The minimum absolute atomic E-state index is 0.484. The van der Waals surface area contributed by atoms with Crippen LogP contribution in [-0.4, -0.2) is 0 Å². The Morgan fingerprint density at radius 1 is 0.110 bits per heavy atom. The molecule has 0 atom stereocenters. The van der Waals surface area contributed by atoms with Crippen molar-refractivity contribution in [1.29, 1.82) is 0 Å². The zero-order valence-corrected chi connectivity index (χ0v) is 72.2. The Bertz CT molecular complexity index is 15900. The average molecular weight is 1930 g/mol. The molecule has 0 bridgehead atoms. The zero-order chi connectivity index (χ0) is 172. The van der Waals surface area contributed by atoms with Crippen molar-refractivity contribution in [2.75, 3.05) is 0 Å². The second-order valence-corrected chi connectivity index (χ2v) is 31.3. The molecule has 0 saturated carbocycles. The molecule has 0 amide bonds. The van der Waals surface area contributed by atoms with E-state index in [1.54, 1.807) is 0 Å². The van der Waals surface area contributed by atoms with Crippen LogP contribution < -0.4 is 0 Å². The van der Waals surface area contributed by atoms with Gasteiger partial charge in [-0.15, -0.1) is 0 Å². The summed E-state index contributed by atoms with van der Waals surface area (Å²) in [4.78, 5) is 0. The van der Waals surface area contributed by atoms with Crippen LogP contribution in [0.2, 0.25) is 0 Å². The summed E-state index contributed by atoms with van der Waals surface area (Å²) >= 11 is 0. The Hall–Kier alpha value is -19.1. The third kappa shape index (κ3) is 14.4. The zero-order valence-electron chi connectivity index (χ0n) is 160. The Morgan fingerprint density at radius 3 is 0.628 bits per heavy atom. The van der Waals surface area contributed by atoms with Gasteiger partial charge in [0.15, 0.2) is 0 Å². The summed E-state index contributed by atoms with van der Waals surface area (Å²) in [6.07, 6.45) is 0. The van der Waals surface area contributed by atoms with Crippen LogP contribution in [0.5, 0.6) is 0 Å². The van der Waals surface area contributed by atoms with E-state index in [4.69, 9.17) is 85.9 Å². The lowest BCUT2D eigenvalue weighted by molar-refractivity contribution is 0.669. The molecule has 0 radical (unpaired) electrons. The number of rotatable bonds is 11. The molecular formula is C142H88O3. The Morgan fingerprint density at radius 2 is 0.310 bits per heavy atom. The van der Waals surface area contributed by atoms with E-state index in [1.165, 1.54) is 0 Å². The first-order chi connectivity index (χ1) is 109. The number of benzene rings is 27. The quantitative estimate of drug-likeness (QED) is 0.121. The first-order valence-electron chi connectivity index (χ1n) is 86.7. The molecule has 3 aromatic heterocycles. The maximum absolute atomic E-state index is 9.62. The number of hydrogen-bond donors (Lipinski definition) is 0. The van der Waals surface area contributed by atoms with Crippen molar-refractivity contribution < 1.29 is 134 Å². The molecule has 145 heavy (non-hydrogen) atoms. The van der Waals surface area contributed by atoms with Gasteiger partial charge in [0.05, 0.1) is 121 Å². The minimum Gasteiger partial charge on any atom is -0.456 e. The molecule has 3 heterocycles. The molecule has 0 aliphatic rings. The summed E-state index contributed by atoms with van der Waals surface area (Å²) in [6, 6.07) is -84.3. The van der Waals surface area contributed by atoms with Crippen LogP contribution in [0.3, 0.4) is 0 Å². The highest BCUT2D eigenvalue weighted by Crippen LogP contribution is 2.54. The first-order valence-corrected chi connectivity index (χ1v) is 42.7. The SMILES string of the molecule is [2H]c1c([2H])c(-c2c3c([2H])c([2H])c([2H])c([2H])c3c(-c3c([2H])c([2H])c([2H])c4oc5c([2H])c6c([2H])c([2H])c([2H])c([2H])c6c([2H])c5c34)c3c([2H])c([2H])c([2H])c([2H])c23)c([2H])c([2H])c1-c1c([2H])c([2H])c([2H])c2c([2H])c([2H])c([2H])c([2H])c12.[2H]c1c([2H])c([2H])c(-c2c([2H])c([2H])c(-c3c([2H])c([2H])c(-c4c5c([2H])c([2H])c([2H])c([2H])c5c(-c5c([2H])c([2H])c([2H])c6oc7c([2H])c8c([2H])c([2H])c([2H])c([2H])c8c([2H])c7c56)c5c([2H])c([2H])c([2H])c([2H])c45)c([2H])c3[2H])c([2H])c2[2H])c([2H])c1[2H].[2H]c1c([2H])c([2H])c(-c2c([2H])c([2H])c(-c3c([2H])c([2H])c([2H])c([2H])c3-c3c4c([2H])c([2H])c([2H])c([2H])c4c(-c4c([2H])c([2H])c([2H])c5oc6c([2H])c7c([2H])c([2H])c([2H])c([2H])c7c([2H])c6c45)c4c([2H])c([2H])c([2H])c([2H])c34)c([2H])c2[2H])c([2H])c1[2H]. The average Bonchev–Trinajstić information content (AvgIpc) is 1.64. The second kappa shape index (κ2) is 35.1. The van der Waals surface area contributed by atoms with E-state index < -0.39 is 828 Å². The number of hydrogen-bond acceptors (Lipinski definition) is 3. The molecule has 674 valence electrons. The predicted octanol–water partition coefficient (Wildman–Crippen LogP) is 40.6. The van der Waals surface area contributed by atoms with E-state index in [0.29, 0.717) is 0 Å². The standard InChI is InChI=1S/2C48H30O.C46H28O/c1-2-11-31(12-3-1)32-21-23-33(24-22-32)34-25-27-35(28-26-34)46-38-15-6-8-17-40(38)47(41-18-9-7-16-39(41)46)42-19-10-20-44-48(42)43-29-36-13-4-5-14-37(36)30-45(43)49-44;1-2-13-31(14-3-1)32-25-27-33(28-26-32)36-17-6-7-18-37(36)46-38-19-8-10-21-40(38)47(41-22-11-9-20-39(41)46)42-23-12-24-44-48(42)43-29-34-15-4-5-16-35(34)30-45(43)49-44;1-2-13-33-28-43-41(27-32(33)12-1)46-40(21-10-22-42(46)47-43)45-38-18-7-5-16-36(38)44(37-17-6-8-19-39(37)45)31-25-23-30(24-26-31)35-20-9-14-29-11-3-4-15-34(29)35/h2*1-30H;1-28H/i2*1D,2D,3D,4D,5D,6D,7D,8D,9D,10D,11D,12D,13D,14D,15D,16D,17D,18D,19D,20D,21D,22D,23D,24D,25D,26D,27D,28D,29D,30D;1D,2D,3D,4D,5D,6D,7D,8D,9D,10D,11D,12D,13D,14D,15D,16D,17D,18D,19D,20D,21D,22D,23D,24D,25D,26D,27D,28D. The smallest absolute Gasteiger partial charge is 0.136 e. The van der Waals surface area contributed by atoms with Crippen LogP contribution in [0.15, 0.2) is 545 Å². The Labute approximate surface area is 960 Å². The van der Waals surface area contributed by atoms with Gasteiger partial charge in [-0.05, 0) is 285 Å². The van der Waals surface area contributed by atoms with Crippen LogP contribution in [0.4, 0.5) is 0 Å². The van der Waals surface area contributed by atoms with Crippen molar-refractivity contribution in [3.8, 4) is 122 Å². The van der Waals surface area contributed by atoms with E-state index in [0.717, 1.165) is 0 Å². The van der Waals surface area contributed by atoms with Crippen molar-refractivity contribution in [2.45, 2.75) is 0 Å². The van der Waals surface area contributed by atoms with E-state index in [-0.39, 0.29) is 0 Å². The normalized spacial score (nSPS) is 20.2.